The van der Waals surface area contributed by atoms with E-state index in [1.165, 1.54) is 0 Å². The molecule has 0 radical (unpaired) electrons. The number of aromatic nitrogens is 1. The van der Waals surface area contributed by atoms with Crippen LogP contribution in [-0.4, -0.2) is 25.9 Å². The third-order valence-corrected chi connectivity index (χ3v) is 6.35. The topological polar surface area (TPSA) is 72.2 Å². The molecule has 0 bridgehead atoms. The van der Waals surface area contributed by atoms with Crippen LogP contribution in [0.15, 0.2) is 27.6 Å². The van der Waals surface area contributed by atoms with E-state index in [0.717, 1.165) is 5.56 Å². The lowest BCUT2D eigenvalue weighted by atomic mass is 10.2. The fourth-order valence-corrected chi connectivity index (χ4v) is 4.90. The Hall–Kier alpha value is -0.730. The van der Waals surface area contributed by atoms with Crippen molar-refractivity contribution in [3.8, 4) is 0 Å². The van der Waals surface area contributed by atoms with E-state index in [2.05, 4.69) is 9.88 Å². The molecule has 1 aromatic heterocycles. The summed E-state index contributed by atoms with van der Waals surface area (Å²) in [6.45, 7) is 3.48. The molecule has 0 aliphatic carbocycles. The van der Waals surface area contributed by atoms with Crippen LogP contribution >= 0.6 is 35.0 Å². The minimum absolute atomic E-state index is 0.114. The van der Waals surface area contributed by atoms with Crippen LogP contribution in [0.2, 0.25) is 10.0 Å². The van der Waals surface area contributed by atoms with Crippen molar-refractivity contribution < 1.29 is 12.9 Å². The lowest BCUT2D eigenvalue weighted by molar-refractivity contribution is 0.390. The van der Waals surface area contributed by atoms with E-state index in [1.807, 2.05) is 6.07 Å². The van der Waals surface area contributed by atoms with Crippen molar-refractivity contribution in [2.24, 2.45) is 0 Å². The molecular formula is C14H16Cl2N2O3S2. The molecular weight excluding hydrogens is 379 g/mol. The van der Waals surface area contributed by atoms with Gasteiger partial charge in [0.1, 0.15) is 10.6 Å². The SMILES string of the molecule is Cc1noc(C)c1S(=O)(=O)NCCSCc1ccc(Cl)cc1Cl. The highest BCUT2D eigenvalue weighted by Gasteiger charge is 2.23. The smallest absolute Gasteiger partial charge is 0.245 e. The first-order valence-corrected chi connectivity index (χ1v) is 10.1. The van der Waals surface area contributed by atoms with E-state index >= 15 is 0 Å². The quantitative estimate of drug-likeness (QED) is 0.722. The molecule has 0 aliphatic heterocycles. The van der Waals surface area contributed by atoms with E-state index in [-0.39, 0.29) is 10.7 Å². The molecule has 0 spiro atoms. The van der Waals surface area contributed by atoms with Gasteiger partial charge in [-0.1, -0.05) is 34.4 Å². The van der Waals surface area contributed by atoms with Crippen molar-refractivity contribution in [1.29, 1.82) is 0 Å². The van der Waals surface area contributed by atoms with Crippen LogP contribution in [0.1, 0.15) is 17.0 Å². The molecule has 0 atom stereocenters. The highest BCUT2D eigenvalue weighted by molar-refractivity contribution is 7.98. The molecule has 0 fully saturated rings. The van der Waals surface area contributed by atoms with Crippen molar-refractivity contribution in [2.45, 2.75) is 24.5 Å². The summed E-state index contributed by atoms with van der Waals surface area (Å²) < 4.78 is 31.8. The molecule has 0 amide bonds. The average molecular weight is 395 g/mol. The summed E-state index contributed by atoms with van der Waals surface area (Å²) in [6.07, 6.45) is 0. The first-order chi connectivity index (χ1) is 10.8. The van der Waals surface area contributed by atoms with Gasteiger partial charge in [0.25, 0.3) is 0 Å². The number of hydrogen-bond donors (Lipinski definition) is 1. The van der Waals surface area contributed by atoms with Crippen molar-refractivity contribution in [3.05, 3.63) is 45.3 Å². The van der Waals surface area contributed by atoms with Crippen LogP contribution in [0, 0.1) is 13.8 Å². The van der Waals surface area contributed by atoms with Gasteiger partial charge in [0, 0.05) is 28.1 Å². The van der Waals surface area contributed by atoms with E-state index < -0.39 is 10.0 Å². The summed E-state index contributed by atoms with van der Waals surface area (Å²) in [5.74, 6) is 1.58. The Balaban J connectivity index is 1.83. The molecule has 23 heavy (non-hydrogen) atoms. The number of thioether (sulfide) groups is 1. The normalized spacial score (nSPS) is 11.8. The maximum Gasteiger partial charge on any atom is 0.245 e. The molecule has 1 heterocycles. The van der Waals surface area contributed by atoms with Crippen molar-refractivity contribution in [3.63, 3.8) is 0 Å². The predicted molar refractivity (Wildman–Crippen MR) is 93.8 cm³/mol. The summed E-state index contributed by atoms with van der Waals surface area (Å²) in [5.41, 5.74) is 1.32. The number of nitrogens with zero attached hydrogens (tertiary/aromatic N) is 1. The fourth-order valence-electron chi connectivity index (χ4n) is 2.00. The molecule has 5 nitrogen and oxygen atoms in total. The number of aryl methyl sites for hydroxylation is 2. The summed E-state index contributed by atoms with van der Waals surface area (Å²) in [7, 11) is -3.60. The van der Waals surface area contributed by atoms with Crippen molar-refractivity contribution in [2.75, 3.05) is 12.3 Å². The maximum absolute atomic E-state index is 12.2. The number of rotatable bonds is 7. The molecule has 0 aliphatic rings. The molecule has 1 aromatic carbocycles. The second-order valence-electron chi connectivity index (χ2n) is 4.84. The number of nitrogens with one attached hydrogen (secondary N) is 1. The van der Waals surface area contributed by atoms with Crippen LogP contribution in [0.4, 0.5) is 0 Å². The third-order valence-electron chi connectivity index (χ3n) is 3.05. The Bertz CT molecular complexity index is 772. The van der Waals surface area contributed by atoms with Crippen LogP contribution in [0.5, 0.6) is 0 Å². The molecule has 2 aromatic rings. The lowest BCUT2D eigenvalue weighted by Gasteiger charge is -2.07. The van der Waals surface area contributed by atoms with Gasteiger partial charge in [0.2, 0.25) is 10.0 Å². The van der Waals surface area contributed by atoms with E-state index in [1.54, 1.807) is 37.7 Å². The van der Waals surface area contributed by atoms with Crippen molar-refractivity contribution in [1.82, 2.24) is 9.88 Å². The first kappa shape index (κ1) is 18.6. The highest BCUT2D eigenvalue weighted by Crippen LogP contribution is 2.24. The summed E-state index contributed by atoms with van der Waals surface area (Å²) in [6, 6.07) is 5.34. The van der Waals surface area contributed by atoms with Gasteiger partial charge < -0.3 is 4.52 Å². The standard InChI is InChI=1S/C14H16Cl2N2O3S2/c1-9-14(10(2)21-18-9)23(19,20)17-5-6-22-8-11-3-4-12(15)7-13(11)16/h3-4,7,17H,5-6,8H2,1-2H3. The Labute approximate surface area is 149 Å². The predicted octanol–water partition coefficient (Wildman–Crippen LogP) is 3.81. The Morgan fingerprint density at radius 3 is 2.65 bits per heavy atom. The highest BCUT2D eigenvalue weighted by atomic mass is 35.5. The van der Waals surface area contributed by atoms with Crippen LogP contribution in [0.25, 0.3) is 0 Å². The monoisotopic (exact) mass is 394 g/mol. The lowest BCUT2D eigenvalue weighted by Crippen LogP contribution is -2.26. The summed E-state index contributed by atoms with van der Waals surface area (Å²) >= 11 is 13.5. The minimum Gasteiger partial charge on any atom is -0.360 e. The molecule has 0 unspecified atom stereocenters. The first-order valence-electron chi connectivity index (χ1n) is 6.75. The largest absolute Gasteiger partial charge is 0.360 e. The zero-order valence-corrected chi connectivity index (χ0v) is 15.7. The zero-order chi connectivity index (χ0) is 17.0. The van der Waals surface area contributed by atoms with E-state index in [4.69, 9.17) is 27.7 Å². The van der Waals surface area contributed by atoms with Crippen LogP contribution in [-0.2, 0) is 15.8 Å². The van der Waals surface area contributed by atoms with Gasteiger partial charge >= 0.3 is 0 Å². The Morgan fingerprint density at radius 1 is 1.30 bits per heavy atom. The van der Waals surface area contributed by atoms with Gasteiger partial charge in [-0.05, 0) is 31.5 Å². The second kappa shape index (κ2) is 7.90. The molecule has 2 rings (SSSR count). The summed E-state index contributed by atoms with van der Waals surface area (Å²) in [5, 5.41) is 4.86. The average Bonchev–Trinajstić information content (AvgIpc) is 2.80. The Kier molecular flexibility index (Phi) is 6.39. The number of halogens is 2. The fraction of sp³-hybridized carbons (Fsp3) is 0.357. The van der Waals surface area contributed by atoms with Gasteiger partial charge in [-0.2, -0.15) is 11.8 Å². The van der Waals surface area contributed by atoms with E-state index in [9.17, 15) is 8.42 Å². The molecule has 1 N–H and O–H groups in total. The maximum atomic E-state index is 12.2. The van der Waals surface area contributed by atoms with E-state index in [0.29, 0.717) is 33.8 Å². The number of benzene rings is 1. The second-order valence-corrected chi connectivity index (χ2v) is 8.49. The van der Waals surface area contributed by atoms with Gasteiger partial charge in [-0.3, -0.25) is 0 Å². The number of sulfonamides is 1. The molecule has 0 saturated heterocycles. The third kappa shape index (κ3) is 4.87. The van der Waals surface area contributed by atoms with Crippen LogP contribution < -0.4 is 4.72 Å². The van der Waals surface area contributed by atoms with Gasteiger partial charge in [-0.15, -0.1) is 0 Å². The van der Waals surface area contributed by atoms with Gasteiger partial charge in [-0.25, -0.2) is 13.1 Å². The van der Waals surface area contributed by atoms with Crippen LogP contribution in [0.3, 0.4) is 0 Å². The van der Waals surface area contributed by atoms with Gasteiger partial charge in [0.05, 0.1) is 0 Å². The minimum atomic E-state index is -3.60. The molecule has 0 saturated carbocycles. The van der Waals surface area contributed by atoms with Crippen molar-refractivity contribution >= 4 is 45.0 Å². The molecule has 126 valence electrons. The Morgan fingerprint density at radius 2 is 2.04 bits per heavy atom. The summed E-state index contributed by atoms with van der Waals surface area (Å²) in [4.78, 5) is 0.114. The van der Waals surface area contributed by atoms with Gasteiger partial charge in [0.15, 0.2) is 5.76 Å². The zero-order valence-electron chi connectivity index (χ0n) is 12.6. The number of hydrogen-bond acceptors (Lipinski definition) is 5. The molecule has 9 heteroatoms.